The van der Waals surface area contributed by atoms with Crippen LogP contribution in [-0.4, -0.2) is 37.1 Å². The summed E-state index contributed by atoms with van der Waals surface area (Å²) in [6.45, 7) is 0.300. The molecule has 0 amide bonds. The second kappa shape index (κ2) is 2.87. The van der Waals surface area contributed by atoms with Crippen LogP contribution >= 0.6 is 0 Å². The SMILES string of the molecule is C[N+]1(C(F)(F)C(F)F)CCCC1. The molecule has 0 aromatic carbocycles. The van der Waals surface area contributed by atoms with E-state index in [-0.39, 0.29) is 13.1 Å². The molecule has 1 saturated heterocycles. The molecule has 72 valence electrons. The minimum atomic E-state index is -3.88. The molecule has 0 atom stereocenters. The van der Waals surface area contributed by atoms with Gasteiger partial charge in [-0.3, -0.25) is 4.48 Å². The number of likely N-dealkylation sites (tertiary alicyclic amines) is 1. The summed E-state index contributed by atoms with van der Waals surface area (Å²) in [4.78, 5) is 0. The maximum Gasteiger partial charge on any atom is 0.451 e. The van der Waals surface area contributed by atoms with Gasteiger partial charge in [0.1, 0.15) is 0 Å². The molecular formula is C7H12F4N+. The normalized spacial score (nSPS) is 23.5. The number of halogens is 4. The van der Waals surface area contributed by atoms with Gasteiger partial charge in [-0.15, -0.1) is 8.78 Å². The van der Waals surface area contributed by atoms with Crippen LogP contribution in [0.25, 0.3) is 0 Å². The molecule has 1 heterocycles. The van der Waals surface area contributed by atoms with Crippen LogP contribution in [0.4, 0.5) is 17.6 Å². The van der Waals surface area contributed by atoms with Crippen molar-refractivity contribution < 1.29 is 22.0 Å². The Hall–Kier alpha value is -0.320. The van der Waals surface area contributed by atoms with E-state index in [0.717, 1.165) is 0 Å². The molecule has 1 aliphatic heterocycles. The zero-order valence-corrected chi connectivity index (χ0v) is 6.86. The molecule has 0 radical (unpaired) electrons. The van der Waals surface area contributed by atoms with Crippen molar-refractivity contribution in [3.63, 3.8) is 0 Å². The minimum Gasteiger partial charge on any atom is -0.260 e. The van der Waals surface area contributed by atoms with Gasteiger partial charge in [-0.05, 0) is 0 Å². The van der Waals surface area contributed by atoms with Gasteiger partial charge in [0, 0.05) is 12.8 Å². The van der Waals surface area contributed by atoms with Crippen molar-refractivity contribution in [3.8, 4) is 0 Å². The molecule has 0 aromatic rings. The summed E-state index contributed by atoms with van der Waals surface area (Å²) in [6, 6.07) is -3.88. The van der Waals surface area contributed by atoms with Gasteiger partial charge < -0.3 is 0 Å². The maximum atomic E-state index is 12.9. The third-order valence-electron chi connectivity index (χ3n) is 2.54. The van der Waals surface area contributed by atoms with Crippen LogP contribution in [-0.2, 0) is 0 Å². The maximum absolute atomic E-state index is 12.9. The topological polar surface area (TPSA) is 0 Å². The third kappa shape index (κ3) is 1.30. The van der Waals surface area contributed by atoms with Crippen LogP contribution in [0.5, 0.6) is 0 Å². The van der Waals surface area contributed by atoms with Crippen molar-refractivity contribution in [2.24, 2.45) is 0 Å². The highest BCUT2D eigenvalue weighted by atomic mass is 19.3. The predicted molar refractivity (Wildman–Crippen MR) is 36.1 cm³/mol. The van der Waals surface area contributed by atoms with Crippen molar-refractivity contribution in [1.29, 1.82) is 0 Å². The lowest BCUT2D eigenvalue weighted by Gasteiger charge is -2.35. The average molecular weight is 186 g/mol. The van der Waals surface area contributed by atoms with Crippen LogP contribution in [0, 0.1) is 0 Å². The molecule has 1 fully saturated rings. The van der Waals surface area contributed by atoms with Crippen LogP contribution in [0.15, 0.2) is 0 Å². The van der Waals surface area contributed by atoms with Crippen LogP contribution in [0.1, 0.15) is 12.8 Å². The Bertz CT molecular complexity index is 160. The van der Waals surface area contributed by atoms with E-state index < -0.39 is 17.0 Å². The fourth-order valence-corrected chi connectivity index (χ4v) is 1.57. The summed E-state index contributed by atoms with van der Waals surface area (Å²) in [5.41, 5.74) is 0. The first-order chi connectivity index (χ1) is 5.40. The molecule has 0 N–H and O–H groups in total. The summed E-state index contributed by atoms with van der Waals surface area (Å²) < 4.78 is 48.8. The van der Waals surface area contributed by atoms with Gasteiger partial charge in [0.25, 0.3) is 0 Å². The second-order valence-electron chi connectivity index (χ2n) is 3.44. The number of alkyl halides is 4. The van der Waals surface area contributed by atoms with Gasteiger partial charge in [0.2, 0.25) is 0 Å². The van der Waals surface area contributed by atoms with Crippen LogP contribution < -0.4 is 0 Å². The molecule has 0 saturated carbocycles. The van der Waals surface area contributed by atoms with Gasteiger partial charge in [-0.25, -0.2) is 0 Å². The van der Waals surface area contributed by atoms with E-state index in [2.05, 4.69) is 0 Å². The molecule has 0 aliphatic carbocycles. The Kier molecular flexibility index (Phi) is 2.33. The smallest absolute Gasteiger partial charge is 0.260 e. The molecule has 0 aromatic heterocycles. The largest absolute Gasteiger partial charge is 0.451 e. The third-order valence-corrected chi connectivity index (χ3v) is 2.54. The van der Waals surface area contributed by atoms with E-state index in [1.54, 1.807) is 0 Å². The van der Waals surface area contributed by atoms with Crippen LogP contribution in [0.3, 0.4) is 0 Å². The van der Waals surface area contributed by atoms with Gasteiger partial charge in [-0.2, -0.15) is 8.78 Å². The quantitative estimate of drug-likeness (QED) is 0.352. The average Bonchev–Trinajstić information content (AvgIpc) is 2.37. The lowest BCUT2D eigenvalue weighted by molar-refractivity contribution is -0.989. The predicted octanol–water partition coefficient (Wildman–Crippen LogP) is 2.08. The van der Waals surface area contributed by atoms with Crippen molar-refractivity contribution >= 4 is 0 Å². The van der Waals surface area contributed by atoms with E-state index in [9.17, 15) is 17.6 Å². The van der Waals surface area contributed by atoms with Crippen molar-refractivity contribution in [2.75, 3.05) is 20.1 Å². The second-order valence-corrected chi connectivity index (χ2v) is 3.44. The Morgan fingerprint density at radius 3 is 1.92 bits per heavy atom. The van der Waals surface area contributed by atoms with E-state index in [1.165, 1.54) is 7.05 Å². The summed E-state index contributed by atoms with van der Waals surface area (Å²) in [5.74, 6) is 0. The molecule has 5 heteroatoms. The van der Waals surface area contributed by atoms with E-state index in [0.29, 0.717) is 12.8 Å². The highest BCUT2D eigenvalue weighted by Crippen LogP contribution is 2.36. The fourth-order valence-electron chi connectivity index (χ4n) is 1.57. The molecular weight excluding hydrogens is 174 g/mol. The molecule has 0 spiro atoms. The highest BCUT2D eigenvalue weighted by Gasteiger charge is 2.59. The summed E-state index contributed by atoms with van der Waals surface area (Å²) in [5, 5.41) is 0. The van der Waals surface area contributed by atoms with E-state index in [4.69, 9.17) is 0 Å². The summed E-state index contributed by atoms with van der Waals surface area (Å²) in [6.07, 6.45) is -2.34. The van der Waals surface area contributed by atoms with E-state index >= 15 is 0 Å². The van der Waals surface area contributed by atoms with Gasteiger partial charge in [0.15, 0.2) is 0 Å². The first kappa shape index (κ1) is 9.77. The molecule has 1 rings (SSSR count). The molecule has 0 unspecified atom stereocenters. The lowest BCUT2D eigenvalue weighted by atomic mass is 10.4. The first-order valence-corrected chi connectivity index (χ1v) is 3.91. The number of quaternary nitrogens is 1. The lowest BCUT2D eigenvalue weighted by Crippen LogP contribution is -2.59. The number of nitrogens with zero attached hydrogens (tertiary/aromatic N) is 1. The number of hydrogen-bond acceptors (Lipinski definition) is 0. The van der Waals surface area contributed by atoms with E-state index in [1.807, 2.05) is 0 Å². The highest BCUT2D eigenvalue weighted by molar-refractivity contribution is 4.63. The van der Waals surface area contributed by atoms with Crippen molar-refractivity contribution in [2.45, 2.75) is 25.3 Å². The molecule has 1 aliphatic rings. The van der Waals surface area contributed by atoms with Gasteiger partial charge >= 0.3 is 12.5 Å². The van der Waals surface area contributed by atoms with Crippen molar-refractivity contribution in [3.05, 3.63) is 0 Å². The summed E-state index contributed by atoms with van der Waals surface area (Å²) >= 11 is 0. The Labute approximate surface area is 68.6 Å². The Morgan fingerprint density at radius 1 is 1.17 bits per heavy atom. The van der Waals surface area contributed by atoms with Gasteiger partial charge in [0.05, 0.1) is 20.1 Å². The zero-order chi connectivity index (χ0) is 9.41. The molecule has 0 bridgehead atoms. The molecule has 12 heavy (non-hydrogen) atoms. The zero-order valence-electron chi connectivity index (χ0n) is 6.86. The minimum absolute atomic E-state index is 0.150. The molecule has 1 nitrogen and oxygen atoms in total. The fraction of sp³-hybridized carbons (Fsp3) is 1.00. The van der Waals surface area contributed by atoms with Crippen molar-refractivity contribution in [1.82, 2.24) is 0 Å². The monoisotopic (exact) mass is 186 g/mol. The van der Waals surface area contributed by atoms with Gasteiger partial charge in [-0.1, -0.05) is 0 Å². The van der Waals surface area contributed by atoms with Crippen LogP contribution in [0.2, 0.25) is 0 Å². The number of hydrogen-bond donors (Lipinski definition) is 0. The Balaban J connectivity index is 2.78. The summed E-state index contributed by atoms with van der Waals surface area (Å²) in [7, 11) is 1.19. The Morgan fingerprint density at radius 2 is 1.58 bits per heavy atom. The number of rotatable bonds is 2. The first-order valence-electron chi connectivity index (χ1n) is 3.91. The standard InChI is InChI=1S/C7H12F4N/c1-12(4-2-3-5-12)7(10,11)6(8)9/h6H,2-5H2,1H3/q+1.